The van der Waals surface area contributed by atoms with E-state index < -0.39 is 36.3 Å². The zero-order chi connectivity index (χ0) is 21.8. The summed E-state index contributed by atoms with van der Waals surface area (Å²) in [6, 6.07) is 7.21. The maximum atomic E-state index is 14.0. The number of carboxylic acid groups (broad SMARTS) is 1. The summed E-state index contributed by atoms with van der Waals surface area (Å²) < 4.78 is 38.1. The topological polar surface area (TPSA) is 99.9 Å². The molecular weight excluding hydrogens is 398 g/mol. The molecule has 2 aromatic rings. The molecule has 1 aliphatic heterocycles. The average molecular weight is 416 g/mol. The number of hydrogen-bond acceptors (Lipinski definition) is 5. The molecule has 0 saturated carbocycles. The molecule has 1 N–H and O–H groups in total. The van der Waals surface area contributed by atoms with Gasteiger partial charge in [0.15, 0.2) is 18.2 Å². The summed E-state index contributed by atoms with van der Waals surface area (Å²) in [5.41, 5.74) is 1.16. The van der Waals surface area contributed by atoms with Crippen molar-refractivity contribution in [3.63, 3.8) is 0 Å². The standard InChI is InChI=1S/C21H18F2N2O5/c1-2-29-19(26)11-30-18-4-3-12(10-24)7-15(18)20-14-9-17(23)16(22)8-13(14)5-6-25(20)21(27)28/h3-4,7-9,20H,2,5-6,11H2,1H3,(H,27,28). The van der Waals surface area contributed by atoms with Gasteiger partial charge in [0.2, 0.25) is 0 Å². The van der Waals surface area contributed by atoms with Crippen LogP contribution in [0.2, 0.25) is 0 Å². The number of rotatable bonds is 5. The monoisotopic (exact) mass is 416 g/mol. The molecule has 1 amide bonds. The van der Waals surface area contributed by atoms with Crippen molar-refractivity contribution in [2.24, 2.45) is 0 Å². The number of nitrogens with zero attached hydrogens (tertiary/aromatic N) is 2. The fraction of sp³-hybridized carbons (Fsp3) is 0.286. The van der Waals surface area contributed by atoms with Crippen LogP contribution >= 0.6 is 0 Å². The number of halogens is 2. The zero-order valence-electron chi connectivity index (χ0n) is 16.0. The minimum Gasteiger partial charge on any atom is -0.482 e. The summed E-state index contributed by atoms with van der Waals surface area (Å²) in [5, 5.41) is 19.0. The summed E-state index contributed by atoms with van der Waals surface area (Å²) in [6.07, 6.45) is -1.07. The summed E-state index contributed by atoms with van der Waals surface area (Å²) in [6.45, 7) is 1.40. The van der Waals surface area contributed by atoms with Crippen molar-refractivity contribution in [1.29, 1.82) is 5.26 Å². The number of nitriles is 1. The lowest BCUT2D eigenvalue weighted by molar-refractivity contribution is -0.145. The maximum absolute atomic E-state index is 14.0. The molecule has 3 rings (SSSR count). The quantitative estimate of drug-likeness (QED) is 0.750. The molecule has 156 valence electrons. The number of hydrogen-bond donors (Lipinski definition) is 1. The van der Waals surface area contributed by atoms with Crippen molar-refractivity contribution in [3.8, 4) is 11.8 Å². The Morgan fingerprint density at radius 3 is 2.63 bits per heavy atom. The van der Waals surface area contributed by atoms with Gasteiger partial charge >= 0.3 is 12.1 Å². The Bertz CT molecular complexity index is 1030. The third-order valence-corrected chi connectivity index (χ3v) is 4.74. The lowest BCUT2D eigenvalue weighted by Crippen LogP contribution is -2.40. The van der Waals surface area contributed by atoms with Gasteiger partial charge in [0, 0.05) is 12.1 Å². The number of benzene rings is 2. The van der Waals surface area contributed by atoms with Crippen LogP contribution in [0.1, 0.15) is 35.2 Å². The van der Waals surface area contributed by atoms with Crippen molar-refractivity contribution in [2.45, 2.75) is 19.4 Å². The van der Waals surface area contributed by atoms with Crippen molar-refractivity contribution in [1.82, 2.24) is 4.90 Å². The molecule has 1 aliphatic rings. The Morgan fingerprint density at radius 2 is 1.97 bits per heavy atom. The SMILES string of the molecule is CCOC(=O)COc1ccc(C#N)cc1C1c2cc(F)c(F)cc2CCN1C(=O)O. The Labute approximate surface area is 171 Å². The van der Waals surface area contributed by atoms with E-state index >= 15 is 0 Å². The third-order valence-electron chi connectivity index (χ3n) is 4.74. The normalized spacial score (nSPS) is 15.1. The minimum atomic E-state index is -1.27. The Morgan fingerprint density at radius 1 is 1.23 bits per heavy atom. The number of carbonyl (C=O) groups is 2. The summed E-state index contributed by atoms with van der Waals surface area (Å²) >= 11 is 0. The first-order chi connectivity index (χ1) is 14.3. The number of fused-ring (bicyclic) bond motifs is 1. The molecule has 1 unspecified atom stereocenters. The molecule has 0 aliphatic carbocycles. The molecule has 2 aromatic carbocycles. The van der Waals surface area contributed by atoms with Crippen LogP contribution in [0.4, 0.5) is 13.6 Å². The molecule has 0 radical (unpaired) electrons. The predicted octanol–water partition coefficient (Wildman–Crippen LogP) is 3.40. The van der Waals surface area contributed by atoms with E-state index in [1.54, 1.807) is 6.92 Å². The van der Waals surface area contributed by atoms with E-state index in [0.717, 1.165) is 17.0 Å². The highest BCUT2D eigenvalue weighted by Crippen LogP contribution is 2.40. The van der Waals surface area contributed by atoms with Gasteiger partial charge in [0.05, 0.1) is 24.3 Å². The molecule has 1 atom stereocenters. The second-order valence-corrected chi connectivity index (χ2v) is 6.55. The van der Waals surface area contributed by atoms with E-state index in [1.807, 2.05) is 6.07 Å². The van der Waals surface area contributed by atoms with Gasteiger partial charge in [0.25, 0.3) is 0 Å². The maximum Gasteiger partial charge on any atom is 0.408 e. The van der Waals surface area contributed by atoms with E-state index in [4.69, 9.17) is 9.47 Å². The Hall–Kier alpha value is -3.67. The molecule has 0 aromatic heterocycles. The van der Waals surface area contributed by atoms with Crippen LogP contribution in [0, 0.1) is 23.0 Å². The van der Waals surface area contributed by atoms with E-state index in [1.165, 1.54) is 18.2 Å². The molecule has 7 nitrogen and oxygen atoms in total. The van der Waals surface area contributed by atoms with Crippen LogP contribution in [0.5, 0.6) is 5.75 Å². The molecule has 30 heavy (non-hydrogen) atoms. The van der Waals surface area contributed by atoms with Crippen LogP contribution in [0.3, 0.4) is 0 Å². The Kier molecular flexibility index (Phi) is 6.16. The second kappa shape index (κ2) is 8.78. The largest absolute Gasteiger partial charge is 0.482 e. The molecular formula is C21H18F2N2O5. The van der Waals surface area contributed by atoms with E-state index in [0.29, 0.717) is 5.56 Å². The van der Waals surface area contributed by atoms with Crippen LogP contribution in [0.25, 0.3) is 0 Å². The second-order valence-electron chi connectivity index (χ2n) is 6.55. The first-order valence-corrected chi connectivity index (χ1v) is 9.15. The average Bonchev–Trinajstić information content (AvgIpc) is 2.72. The van der Waals surface area contributed by atoms with Crippen molar-refractivity contribution < 1.29 is 33.0 Å². The highest BCUT2D eigenvalue weighted by atomic mass is 19.2. The summed E-state index contributed by atoms with van der Waals surface area (Å²) in [5.74, 6) is -2.63. The highest BCUT2D eigenvalue weighted by molar-refractivity contribution is 5.71. The van der Waals surface area contributed by atoms with Gasteiger partial charge in [-0.25, -0.2) is 18.4 Å². The fourth-order valence-corrected chi connectivity index (χ4v) is 3.46. The van der Waals surface area contributed by atoms with E-state index in [2.05, 4.69) is 0 Å². The van der Waals surface area contributed by atoms with Gasteiger partial charge in [-0.05, 0) is 54.8 Å². The van der Waals surface area contributed by atoms with E-state index in [-0.39, 0.29) is 42.0 Å². The fourth-order valence-electron chi connectivity index (χ4n) is 3.46. The summed E-state index contributed by atoms with van der Waals surface area (Å²) in [4.78, 5) is 24.6. The minimum absolute atomic E-state index is 0.0339. The molecule has 0 bridgehead atoms. The predicted molar refractivity (Wildman–Crippen MR) is 99.9 cm³/mol. The van der Waals surface area contributed by atoms with Crippen LogP contribution in [-0.2, 0) is 16.0 Å². The van der Waals surface area contributed by atoms with Gasteiger partial charge in [-0.15, -0.1) is 0 Å². The third kappa shape index (κ3) is 4.17. The number of esters is 1. The smallest absolute Gasteiger partial charge is 0.408 e. The molecule has 0 fully saturated rings. The van der Waals surface area contributed by atoms with E-state index in [9.17, 15) is 28.7 Å². The molecule has 0 saturated heterocycles. The van der Waals surface area contributed by atoms with Crippen LogP contribution < -0.4 is 4.74 Å². The van der Waals surface area contributed by atoms with Crippen molar-refractivity contribution >= 4 is 12.1 Å². The molecule has 9 heteroatoms. The van der Waals surface area contributed by atoms with Crippen molar-refractivity contribution in [3.05, 3.63) is 64.2 Å². The highest BCUT2D eigenvalue weighted by Gasteiger charge is 2.35. The van der Waals surface area contributed by atoms with Crippen LogP contribution in [0.15, 0.2) is 30.3 Å². The van der Waals surface area contributed by atoms with Gasteiger partial charge in [-0.2, -0.15) is 5.26 Å². The van der Waals surface area contributed by atoms with Crippen LogP contribution in [-0.4, -0.2) is 41.8 Å². The van der Waals surface area contributed by atoms with Crippen molar-refractivity contribution in [2.75, 3.05) is 19.8 Å². The first kappa shape index (κ1) is 21.0. The summed E-state index contributed by atoms with van der Waals surface area (Å²) in [7, 11) is 0. The van der Waals surface area contributed by atoms with Gasteiger partial charge in [0.1, 0.15) is 5.75 Å². The lowest BCUT2D eigenvalue weighted by atomic mass is 9.87. The molecule has 0 spiro atoms. The number of ether oxygens (including phenoxy) is 2. The Balaban J connectivity index is 2.13. The first-order valence-electron chi connectivity index (χ1n) is 9.15. The van der Waals surface area contributed by atoms with Gasteiger partial charge < -0.3 is 14.6 Å². The van der Waals surface area contributed by atoms with Gasteiger partial charge in [-0.1, -0.05) is 0 Å². The zero-order valence-corrected chi connectivity index (χ0v) is 16.0. The number of carbonyl (C=O) groups excluding carboxylic acids is 1. The number of amides is 1. The lowest BCUT2D eigenvalue weighted by Gasteiger charge is -2.36. The molecule has 1 heterocycles. The van der Waals surface area contributed by atoms with Gasteiger partial charge in [-0.3, -0.25) is 4.90 Å².